The highest BCUT2D eigenvalue weighted by atomic mass is 32.2. The van der Waals surface area contributed by atoms with Crippen molar-refractivity contribution in [3.05, 3.63) is 11.6 Å². The lowest BCUT2D eigenvalue weighted by atomic mass is 10.1. The fourth-order valence-corrected chi connectivity index (χ4v) is 3.48. The Morgan fingerprint density at radius 2 is 2.09 bits per heavy atom. The van der Waals surface area contributed by atoms with Gasteiger partial charge in [0.25, 0.3) is 0 Å². The SMILES string of the molecule is CC(C)OCCS(=O)(=O)N[C@H]1CCCn2nc(C(C)C)nc21. The maximum atomic E-state index is 12.2. The Labute approximate surface area is 132 Å². The molecule has 7 nitrogen and oxygen atoms in total. The van der Waals surface area contributed by atoms with E-state index in [-0.39, 0.29) is 30.4 Å². The summed E-state index contributed by atoms with van der Waals surface area (Å²) in [6.07, 6.45) is 1.67. The number of fused-ring (bicyclic) bond motifs is 1. The van der Waals surface area contributed by atoms with E-state index in [2.05, 4.69) is 14.8 Å². The van der Waals surface area contributed by atoms with Gasteiger partial charge in [-0.3, -0.25) is 0 Å². The summed E-state index contributed by atoms with van der Waals surface area (Å²) in [7, 11) is -3.39. The Morgan fingerprint density at radius 3 is 2.73 bits per heavy atom. The third kappa shape index (κ3) is 4.50. The molecule has 0 unspecified atom stereocenters. The third-order valence-corrected chi connectivity index (χ3v) is 4.88. The number of sulfonamides is 1. The van der Waals surface area contributed by atoms with E-state index in [1.165, 1.54) is 0 Å². The Hall–Kier alpha value is -0.990. The molecule has 126 valence electrons. The van der Waals surface area contributed by atoms with Crippen molar-refractivity contribution in [2.45, 2.75) is 65.1 Å². The van der Waals surface area contributed by atoms with E-state index in [4.69, 9.17) is 4.74 Å². The summed E-state index contributed by atoms with van der Waals surface area (Å²) >= 11 is 0. The molecule has 0 aliphatic carbocycles. The Morgan fingerprint density at radius 1 is 1.36 bits per heavy atom. The van der Waals surface area contributed by atoms with Gasteiger partial charge in [0.05, 0.1) is 24.5 Å². The first-order chi connectivity index (χ1) is 10.3. The number of ether oxygens (including phenoxy) is 1. The molecule has 0 amide bonds. The fourth-order valence-electron chi connectivity index (χ4n) is 2.39. The first kappa shape index (κ1) is 17.4. The molecule has 1 aromatic rings. The molecule has 2 rings (SSSR count). The van der Waals surface area contributed by atoms with Crippen LogP contribution >= 0.6 is 0 Å². The second-order valence-corrected chi connectivity index (χ2v) is 8.13. The summed E-state index contributed by atoms with van der Waals surface area (Å²) in [4.78, 5) is 4.52. The number of nitrogens with one attached hydrogen (secondary N) is 1. The molecule has 0 spiro atoms. The van der Waals surface area contributed by atoms with Crippen LogP contribution in [0.4, 0.5) is 0 Å². The van der Waals surface area contributed by atoms with Gasteiger partial charge in [-0.25, -0.2) is 22.8 Å². The maximum absolute atomic E-state index is 12.2. The van der Waals surface area contributed by atoms with E-state index < -0.39 is 10.0 Å². The summed E-state index contributed by atoms with van der Waals surface area (Å²) in [5.74, 6) is 1.69. The van der Waals surface area contributed by atoms with Crippen LogP contribution in [0.5, 0.6) is 0 Å². The molecule has 0 radical (unpaired) electrons. The van der Waals surface area contributed by atoms with E-state index in [1.54, 1.807) is 0 Å². The van der Waals surface area contributed by atoms with Gasteiger partial charge < -0.3 is 4.74 Å². The van der Waals surface area contributed by atoms with Crippen molar-refractivity contribution in [3.8, 4) is 0 Å². The molecule has 1 atom stereocenters. The summed E-state index contributed by atoms with van der Waals surface area (Å²) in [6.45, 7) is 8.83. The average molecular weight is 330 g/mol. The van der Waals surface area contributed by atoms with Gasteiger partial charge in [-0.1, -0.05) is 13.8 Å². The van der Waals surface area contributed by atoms with E-state index >= 15 is 0 Å². The molecule has 2 heterocycles. The van der Waals surface area contributed by atoms with Gasteiger partial charge in [-0.05, 0) is 26.7 Å². The minimum atomic E-state index is -3.39. The molecular weight excluding hydrogens is 304 g/mol. The Kier molecular flexibility index (Phi) is 5.57. The van der Waals surface area contributed by atoms with Crippen molar-refractivity contribution in [3.63, 3.8) is 0 Å². The lowest BCUT2D eigenvalue weighted by Gasteiger charge is -2.23. The standard InChI is InChI=1S/C14H26N4O3S/c1-10(2)13-15-14-12(6-5-7-18(14)16-13)17-22(19,20)9-8-21-11(3)4/h10-12,17H,5-9H2,1-4H3/t12-/m0/s1. The maximum Gasteiger partial charge on any atom is 0.214 e. The molecule has 1 aromatic heterocycles. The third-order valence-electron chi connectivity index (χ3n) is 3.53. The summed E-state index contributed by atoms with van der Waals surface area (Å²) in [6, 6.07) is -0.294. The van der Waals surface area contributed by atoms with Crippen molar-refractivity contribution in [2.75, 3.05) is 12.4 Å². The molecule has 1 aliphatic heterocycles. The average Bonchev–Trinajstić information content (AvgIpc) is 2.82. The zero-order chi connectivity index (χ0) is 16.3. The number of rotatable bonds is 7. The molecule has 1 N–H and O–H groups in total. The number of hydrogen-bond donors (Lipinski definition) is 1. The monoisotopic (exact) mass is 330 g/mol. The minimum absolute atomic E-state index is 0.0292. The van der Waals surface area contributed by atoms with Crippen molar-refractivity contribution in [1.29, 1.82) is 0 Å². The zero-order valence-corrected chi connectivity index (χ0v) is 14.6. The van der Waals surface area contributed by atoms with Gasteiger partial charge in [0.15, 0.2) is 5.82 Å². The predicted octanol–water partition coefficient (Wildman–Crippen LogP) is 1.58. The molecular formula is C14H26N4O3S. The van der Waals surface area contributed by atoms with E-state index in [1.807, 2.05) is 32.4 Å². The van der Waals surface area contributed by atoms with Crippen molar-refractivity contribution >= 4 is 10.0 Å². The first-order valence-electron chi connectivity index (χ1n) is 7.84. The van der Waals surface area contributed by atoms with Gasteiger partial charge >= 0.3 is 0 Å². The molecule has 22 heavy (non-hydrogen) atoms. The molecule has 1 aliphatic rings. The number of aryl methyl sites for hydroxylation is 1. The van der Waals surface area contributed by atoms with Crippen LogP contribution in [0.2, 0.25) is 0 Å². The van der Waals surface area contributed by atoms with Crippen LogP contribution in [-0.2, 0) is 21.3 Å². The van der Waals surface area contributed by atoms with Gasteiger partial charge in [0.2, 0.25) is 10.0 Å². The highest BCUT2D eigenvalue weighted by Crippen LogP contribution is 2.25. The lowest BCUT2D eigenvalue weighted by molar-refractivity contribution is 0.0911. The topological polar surface area (TPSA) is 86.1 Å². The van der Waals surface area contributed by atoms with Crippen LogP contribution in [-0.4, -0.2) is 41.6 Å². The van der Waals surface area contributed by atoms with E-state index in [9.17, 15) is 8.42 Å². The second kappa shape index (κ2) is 7.06. The highest BCUT2D eigenvalue weighted by Gasteiger charge is 2.28. The van der Waals surface area contributed by atoms with Crippen molar-refractivity contribution in [2.24, 2.45) is 0 Å². The van der Waals surface area contributed by atoms with Crippen LogP contribution in [0, 0.1) is 0 Å². The van der Waals surface area contributed by atoms with Gasteiger partial charge in [-0.2, -0.15) is 5.10 Å². The summed E-state index contributed by atoms with van der Waals surface area (Å²) < 4.78 is 34.3. The molecule has 0 fully saturated rings. The molecule has 0 bridgehead atoms. The summed E-state index contributed by atoms with van der Waals surface area (Å²) in [5, 5.41) is 4.46. The largest absolute Gasteiger partial charge is 0.378 e. The Balaban J connectivity index is 2.05. The van der Waals surface area contributed by atoms with Crippen LogP contribution in [0.3, 0.4) is 0 Å². The molecule has 0 saturated carbocycles. The van der Waals surface area contributed by atoms with Crippen molar-refractivity contribution < 1.29 is 13.2 Å². The number of nitrogens with zero attached hydrogens (tertiary/aromatic N) is 3. The number of hydrogen-bond acceptors (Lipinski definition) is 5. The van der Waals surface area contributed by atoms with Gasteiger partial charge in [-0.15, -0.1) is 0 Å². The van der Waals surface area contributed by atoms with Crippen LogP contribution in [0.25, 0.3) is 0 Å². The second-order valence-electron chi connectivity index (χ2n) is 6.26. The van der Waals surface area contributed by atoms with E-state index in [0.29, 0.717) is 0 Å². The summed E-state index contributed by atoms with van der Waals surface area (Å²) in [5.41, 5.74) is 0. The minimum Gasteiger partial charge on any atom is -0.378 e. The quantitative estimate of drug-likeness (QED) is 0.820. The lowest BCUT2D eigenvalue weighted by Crippen LogP contribution is -2.35. The van der Waals surface area contributed by atoms with Crippen LogP contribution < -0.4 is 4.72 Å². The Bertz CT molecular complexity index is 595. The molecule has 8 heteroatoms. The molecule has 0 saturated heterocycles. The fraction of sp³-hybridized carbons (Fsp3) is 0.857. The first-order valence-corrected chi connectivity index (χ1v) is 9.50. The van der Waals surface area contributed by atoms with E-state index in [0.717, 1.165) is 31.0 Å². The molecule has 0 aromatic carbocycles. The van der Waals surface area contributed by atoms with Gasteiger partial charge in [0, 0.05) is 12.5 Å². The zero-order valence-electron chi connectivity index (χ0n) is 13.7. The van der Waals surface area contributed by atoms with Crippen LogP contribution in [0.1, 0.15) is 64.1 Å². The predicted molar refractivity (Wildman–Crippen MR) is 84.1 cm³/mol. The number of aromatic nitrogens is 3. The van der Waals surface area contributed by atoms with Crippen molar-refractivity contribution in [1.82, 2.24) is 19.5 Å². The van der Waals surface area contributed by atoms with Crippen LogP contribution in [0.15, 0.2) is 0 Å². The smallest absolute Gasteiger partial charge is 0.214 e. The normalized spacial score (nSPS) is 18.9. The van der Waals surface area contributed by atoms with Gasteiger partial charge in [0.1, 0.15) is 5.82 Å². The highest BCUT2D eigenvalue weighted by molar-refractivity contribution is 7.89.